The van der Waals surface area contributed by atoms with Gasteiger partial charge in [-0.1, -0.05) is 97.6 Å². The molecular weight excluding hydrogens is 789 g/mol. The van der Waals surface area contributed by atoms with Crippen molar-refractivity contribution in [2.75, 3.05) is 5.32 Å². The largest absolute Gasteiger partial charge is 0.486 e. The molecule has 1 fully saturated rings. The molecule has 2 amide bonds. The summed E-state index contributed by atoms with van der Waals surface area (Å²) in [5.41, 5.74) is 7.25. The number of amides is 2. The minimum absolute atomic E-state index is 0.0420. The van der Waals surface area contributed by atoms with E-state index in [1.807, 2.05) is 110 Å². The second-order valence-corrected chi connectivity index (χ2v) is 15.7. The molecule has 0 aliphatic carbocycles. The summed E-state index contributed by atoms with van der Waals surface area (Å²) in [6.45, 7) is 2.57. The number of aromatic amines is 1. The van der Waals surface area contributed by atoms with Crippen molar-refractivity contribution < 1.29 is 24.2 Å². The second kappa shape index (κ2) is 17.0. The van der Waals surface area contributed by atoms with E-state index < -0.39 is 11.2 Å². The van der Waals surface area contributed by atoms with Crippen LogP contribution in [0.25, 0.3) is 33.5 Å². The van der Waals surface area contributed by atoms with Crippen LogP contribution < -0.4 is 15.4 Å². The monoisotopic (exact) mass is 826 g/mol. The zero-order valence-corrected chi connectivity index (χ0v) is 33.6. The zero-order chi connectivity index (χ0) is 41.0. The van der Waals surface area contributed by atoms with Gasteiger partial charge in [0.2, 0.25) is 11.7 Å². The molecule has 0 spiro atoms. The number of nitrogens with zero attached hydrogens (tertiary/aromatic N) is 7. The summed E-state index contributed by atoms with van der Waals surface area (Å²) in [5.74, 6) is 1.37. The zero-order valence-electron chi connectivity index (χ0n) is 32.0. The number of aromatic nitrogens is 8. The van der Waals surface area contributed by atoms with Crippen molar-refractivity contribution in [3.8, 4) is 28.3 Å². The highest BCUT2D eigenvalue weighted by molar-refractivity contribution is 8.15. The molecule has 1 saturated heterocycles. The Morgan fingerprint density at radius 3 is 2.39 bits per heavy atom. The van der Waals surface area contributed by atoms with E-state index in [2.05, 4.69) is 31.3 Å². The van der Waals surface area contributed by atoms with Gasteiger partial charge < -0.3 is 24.3 Å². The summed E-state index contributed by atoms with van der Waals surface area (Å²) in [4.78, 5) is 46.2. The van der Waals surface area contributed by atoms with Crippen LogP contribution in [0, 0.1) is 0 Å². The summed E-state index contributed by atoms with van der Waals surface area (Å²) in [7, 11) is 1.92. The van der Waals surface area contributed by atoms with Gasteiger partial charge in [-0.2, -0.15) is 5.21 Å². The number of carbonyl (C=O) groups excluding carboxylic acids is 2. The fourth-order valence-electron chi connectivity index (χ4n) is 7.06. The van der Waals surface area contributed by atoms with Gasteiger partial charge in [0.05, 0.1) is 21.3 Å². The van der Waals surface area contributed by atoms with Gasteiger partial charge in [-0.05, 0) is 70.1 Å². The van der Waals surface area contributed by atoms with E-state index in [0.29, 0.717) is 48.2 Å². The third-order valence-electron chi connectivity index (χ3n) is 9.98. The molecule has 0 saturated carbocycles. The van der Waals surface area contributed by atoms with Gasteiger partial charge >= 0.3 is 5.97 Å². The minimum Gasteiger partial charge on any atom is -0.486 e. The Bertz CT molecular complexity index is 2690. The van der Waals surface area contributed by atoms with Crippen molar-refractivity contribution in [3.63, 3.8) is 0 Å². The third kappa shape index (κ3) is 8.61. The van der Waals surface area contributed by atoms with Crippen molar-refractivity contribution in [3.05, 3.63) is 125 Å². The molecule has 3 aromatic heterocycles. The first-order valence-electron chi connectivity index (χ1n) is 18.9. The van der Waals surface area contributed by atoms with E-state index in [1.54, 1.807) is 4.57 Å². The number of tetrazole rings is 1. The van der Waals surface area contributed by atoms with Crippen molar-refractivity contribution >= 4 is 62.9 Å². The molecule has 1 aliphatic rings. The Morgan fingerprint density at radius 2 is 1.69 bits per heavy atom. The van der Waals surface area contributed by atoms with Crippen LogP contribution in [0.3, 0.4) is 0 Å². The number of imidazole rings is 2. The molecule has 1 unspecified atom stereocenters. The van der Waals surface area contributed by atoms with E-state index in [0.717, 1.165) is 68.4 Å². The van der Waals surface area contributed by atoms with Crippen LogP contribution in [0.2, 0.25) is 0 Å². The second-order valence-electron chi connectivity index (χ2n) is 14.0. The number of aromatic carboxylic acids is 1. The van der Waals surface area contributed by atoms with Gasteiger partial charge in [0, 0.05) is 32.0 Å². The standard InChI is InChI=1S/C42H38N10O5S2/c1-3-6-34-44-39(37(41(54)55)52(34)22-25-9-14-27(15-10-25)29-7-4-5-8-30(29)38-47-49-50-48-38)45-36(58)21-26-13-18-31-32(19-26)51(2)35(43-31)23-57-28-16-11-24(12-17-28)20-33-40(53)46-42(56)59-33/h4-5,7-19,33H,3,6,20-23H2,1-2H3,(H,45,58)(H,54,55)(H,46,53,56)(H,47,48,49,50). The molecule has 1 aliphatic heterocycles. The maximum atomic E-state index is 12.8. The average Bonchev–Trinajstić information content (AvgIpc) is 4.02. The number of hydrogen-bond donors (Lipinski definition) is 4. The number of nitrogens with one attached hydrogen (secondary N) is 3. The van der Waals surface area contributed by atoms with Crippen LogP contribution in [0.5, 0.6) is 5.75 Å². The molecule has 1 atom stereocenters. The summed E-state index contributed by atoms with van der Waals surface area (Å²) in [5, 5.41) is 29.7. The number of aryl methyl sites for hydroxylation is 2. The Hall–Kier alpha value is -6.72. The van der Waals surface area contributed by atoms with Crippen LogP contribution in [0.4, 0.5) is 10.6 Å². The Kier molecular flexibility index (Phi) is 11.3. The Balaban J connectivity index is 0.936. The number of fused-ring (bicyclic) bond motifs is 1. The predicted octanol–water partition coefficient (Wildman–Crippen LogP) is 6.77. The van der Waals surface area contributed by atoms with Gasteiger partial charge in [-0.25, -0.2) is 14.8 Å². The number of carboxylic acid groups (broad SMARTS) is 1. The van der Waals surface area contributed by atoms with Gasteiger partial charge in [0.25, 0.3) is 5.24 Å². The molecule has 8 rings (SSSR count). The number of imide groups is 1. The summed E-state index contributed by atoms with van der Waals surface area (Å²) < 4.78 is 9.76. The van der Waals surface area contributed by atoms with E-state index in [-0.39, 0.29) is 29.3 Å². The molecule has 15 nitrogen and oxygen atoms in total. The van der Waals surface area contributed by atoms with E-state index >= 15 is 0 Å². The lowest BCUT2D eigenvalue weighted by molar-refractivity contribution is -0.118. The molecule has 4 aromatic carbocycles. The van der Waals surface area contributed by atoms with Crippen molar-refractivity contribution in [2.45, 2.75) is 51.0 Å². The molecule has 298 valence electrons. The van der Waals surface area contributed by atoms with Crippen LogP contribution in [0.1, 0.15) is 52.2 Å². The molecule has 17 heteroatoms. The number of anilines is 1. The first kappa shape index (κ1) is 39.1. The lowest BCUT2D eigenvalue weighted by Crippen LogP contribution is -2.25. The van der Waals surface area contributed by atoms with Gasteiger partial charge in [-0.15, -0.1) is 10.2 Å². The quantitative estimate of drug-likeness (QED) is 0.0792. The van der Waals surface area contributed by atoms with E-state index in [9.17, 15) is 19.5 Å². The fourth-order valence-corrected chi connectivity index (χ4v) is 8.19. The predicted molar refractivity (Wildman–Crippen MR) is 227 cm³/mol. The Morgan fingerprint density at radius 1 is 0.949 bits per heavy atom. The number of benzene rings is 4. The highest BCUT2D eigenvalue weighted by Gasteiger charge is 2.31. The fraction of sp³-hybridized carbons (Fsp3) is 0.214. The summed E-state index contributed by atoms with van der Waals surface area (Å²) in [6.07, 6.45) is 2.17. The van der Waals surface area contributed by atoms with E-state index in [1.165, 1.54) is 0 Å². The van der Waals surface area contributed by atoms with Crippen LogP contribution in [-0.4, -0.2) is 72.2 Å². The summed E-state index contributed by atoms with van der Waals surface area (Å²) >= 11 is 6.79. The maximum absolute atomic E-state index is 12.8. The number of carbonyl (C=O) groups is 3. The number of hydrogen-bond acceptors (Lipinski definition) is 11. The number of rotatable bonds is 15. The topological polar surface area (TPSA) is 195 Å². The number of carboxylic acids is 1. The highest BCUT2D eigenvalue weighted by atomic mass is 32.2. The number of H-pyrrole nitrogens is 1. The SMILES string of the molecule is CCCc1nc(NC(=S)Cc2ccc3nc(COc4ccc(CC5SC(=O)NC5=O)cc4)n(C)c3c2)c(C(=O)O)n1Cc1ccc(-c2ccccc2-c2nn[nH]n2)cc1. The molecular formula is C42H38N10O5S2. The third-order valence-corrected chi connectivity index (χ3v) is 11.2. The first-order chi connectivity index (χ1) is 28.6. The molecule has 7 aromatic rings. The Labute approximate surface area is 347 Å². The lowest BCUT2D eigenvalue weighted by Gasteiger charge is -2.12. The normalized spacial score (nSPS) is 13.8. The molecule has 0 radical (unpaired) electrons. The van der Waals surface area contributed by atoms with E-state index in [4.69, 9.17) is 26.9 Å². The van der Waals surface area contributed by atoms with Crippen LogP contribution >= 0.6 is 24.0 Å². The smallest absolute Gasteiger partial charge is 0.356 e. The van der Waals surface area contributed by atoms with Crippen molar-refractivity contribution in [2.24, 2.45) is 7.05 Å². The summed E-state index contributed by atoms with van der Waals surface area (Å²) in [6, 6.07) is 29.1. The average molecular weight is 827 g/mol. The van der Waals surface area contributed by atoms with Crippen molar-refractivity contribution in [1.82, 2.24) is 45.0 Å². The van der Waals surface area contributed by atoms with Crippen molar-refractivity contribution in [1.29, 1.82) is 0 Å². The molecule has 59 heavy (non-hydrogen) atoms. The van der Waals surface area contributed by atoms with Gasteiger partial charge in [-0.3, -0.25) is 14.9 Å². The van der Waals surface area contributed by atoms with Crippen LogP contribution in [-0.2, 0) is 44.3 Å². The van der Waals surface area contributed by atoms with Gasteiger partial charge in [0.1, 0.15) is 24.0 Å². The molecule has 0 bridgehead atoms. The lowest BCUT2D eigenvalue weighted by atomic mass is 9.98. The highest BCUT2D eigenvalue weighted by Crippen LogP contribution is 2.31. The van der Waals surface area contributed by atoms with Crippen LogP contribution in [0.15, 0.2) is 91.0 Å². The molecule has 4 heterocycles. The number of thioether (sulfide) groups is 1. The number of thiocarbonyl (C=S) groups is 1. The maximum Gasteiger partial charge on any atom is 0.356 e. The first-order valence-corrected chi connectivity index (χ1v) is 20.1. The molecule has 4 N–H and O–H groups in total. The minimum atomic E-state index is -1.10. The number of ether oxygens (including phenoxy) is 1. The van der Waals surface area contributed by atoms with Gasteiger partial charge in [0.15, 0.2) is 11.5 Å².